The number of rotatable bonds is 5. The highest BCUT2D eigenvalue weighted by molar-refractivity contribution is 6.09. The zero-order valence-corrected chi connectivity index (χ0v) is 15.7. The summed E-state index contributed by atoms with van der Waals surface area (Å²) < 4.78 is 5.21. The molecule has 2 aliphatic rings. The number of hydrogen-bond acceptors (Lipinski definition) is 5. The first kappa shape index (κ1) is 19.2. The normalized spacial score (nSPS) is 15.3. The summed E-state index contributed by atoms with van der Waals surface area (Å²) in [4.78, 5) is 25.3. The third kappa shape index (κ3) is 4.06. The number of hydrogen-bond donors (Lipinski definition) is 4. The number of methoxy groups -OCH3 is 1. The van der Waals surface area contributed by atoms with E-state index >= 15 is 0 Å². The van der Waals surface area contributed by atoms with Gasteiger partial charge in [-0.3, -0.25) is 14.7 Å². The molecule has 1 aliphatic carbocycles. The number of anilines is 1. The van der Waals surface area contributed by atoms with Crippen LogP contribution in [0.2, 0.25) is 0 Å². The Labute approximate surface area is 162 Å². The molecule has 0 radical (unpaired) electrons. The van der Waals surface area contributed by atoms with Crippen LogP contribution in [0.3, 0.4) is 0 Å². The number of carbonyl (C=O) groups excluding carboxylic acids is 2. The van der Waals surface area contributed by atoms with E-state index in [0.29, 0.717) is 29.2 Å². The second-order valence-electron chi connectivity index (χ2n) is 6.57. The average Bonchev–Trinajstić information content (AvgIpc) is 3.36. The van der Waals surface area contributed by atoms with Crippen molar-refractivity contribution in [2.45, 2.75) is 31.8 Å². The number of amides is 2. The zero-order chi connectivity index (χ0) is 18.1. The van der Waals surface area contributed by atoms with Gasteiger partial charge in [0.05, 0.1) is 18.4 Å². The Hall–Kier alpha value is -2.58. The molecule has 144 valence electrons. The number of aromatic amines is 1. The highest BCUT2D eigenvalue weighted by atomic mass is 35.5. The van der Waals surface area contributed by atoms with Gasteiger partial charge in [0.1, 0.15) is 5.75 Å². The van der Waals surface area contributed by atoms with Gasteiger partial charge >= 0.3 is 0 Å². The molecular formula is C18H22ClN5O3. The molecule has 1 saturated carbocycles. The van der Waals surface area contributed by atoms with E-state index in [-0.39, 0.29) is 30.3 Å². The number of ether oxygens (including phenoxy) is 1. The number of nitrogens with zero attached hydrogens (tertiary/aromatic N) is 1. The summed E-state index contributed by atoms with van der Waals surface area (Å²) in [5.74, 6) is 0.00885. The van der Waals surface area contributed by atoms with Crippen molar-refractivity contribution < 1.29 is 14.3 Å². The van der Waals surface area contributed by atoms with E-state index in [4.69, 9.17) is 4.74 Å². The predicted octanol–water partition coefficient (Wildman–Crippen LogP) is 1.63. The van der Waals surface area contributed by atoms with Crippen LogP contribution in [0.1, 0.15) is 44.9 Å². The van der Waals surface area contributed by atoms with Crippen LogP contribution < -0.4 is 20.7 Å². The van der Waals surface area contributed by atoms with Crippen LogP contribution in [0.5, 0.6) is 5.75 Å². The lowest BCUT2D eigenvalue weighted by Crippen LogP contribution is -2.28. The van der Waals surface area contributed by atoms with Crippen molar-refractivity contribution in [3.05, 3.63) is 40.7 Å². The molecule has 4 rings (SSSR count). The topological polar surface area (TPSA) is 108 Å². The summed E-state index contributed by atoms with van der Waals surface area (Å²) in [6.45, 7) is 1.46. The van der Waals surface area contributed by atoms with Crippen molar-refractivity contribution in [3.8, 4) is 5.75 Å². The molecule has 0 unspecified atom stereocenters. The van der Waals surface area contributed by atoms with Gasteiger partial charge < -0.3 is 20.7 Å². The van der Waals surface area contributed by atoms with Gasteiger partial charge in [0.25, 0.3) is 11.8 Å². The fraction of sp³-hybridized carbons (Fsp3) is 0.389. The van der Waals surface area contributed by atoms with Crippen molar-refractivity contribution in [2.24, 2.45) is 0 Å². The van der Waals surface area contributed by atoms with Gasteiger partial charge in [0.15, 0.2) is 5.69 Å². The van der Waals surface area contributed by atoms with Crippen LogP contribution in [0.15, 0.2) is 18.2 Å². The third-order valence-electron chi connectivity index (χ3n) is 4.65. The van der Waals surface area contributed by atoms with E-state index in [1.165, 1.54) is 0 Å². The Balaban J connectivity index is 0.00000210. The highest BCUT2D eigenvalue weighted by Gasteiger charge is 2.26. The number of H-pyrrole nitrogens is 1. The first-order chi connectivity index (χ1) is 12.7. The molecule has 1 fully saturated rings. The summed E-state index contributed by atoms with van der Waals surface area (Å²) in [6, 6.07) is 5.25. The Morgan fingerprint density at radius 2 is 2.07 bits per heavy atom. The Morgan fingerprint density at radius 3 is 2.81 bits per heavy atom. The summed E-state index contributed by atoms with van der Waals surface area (Å²) in [7, 11) is 1.54. The number of halogens is 1. The number of fused-ring (bicyclic) bond motifs is 1. The fourth-order valence-electron chi connectivity index (χ4n) is 3.03. The molecule has 1 aromatic carbocycles. The van der Waals surface area contributed by atoms with E-state index < -0.39 is 0 Å². The molecule has 27 heavy (non-hydrogen) atoms. The van der Waals surface area contributed by atoms with Crippen LogP contribution in [0.4, 0.5) is 5.69 Å². The molecule has 0 saturated heterocycles. The molecule has 9 heteroatoms. The van der Waals surface area contributed by atoms with Gasteiger partial charge in [0, 0.05) is 36.8 Å². The molecule has 1 aromatic heterocycles. The van der Waals surface area contributed by atoms with E-state index in [0.717, 1.165) is 37.1 Å². The smallest absolute Gasteiger partial charge is 0.276 e. The monoisotopic (exact) mass is 391 g/mol. The van der Waals surface area contributed by atoms with E-state index in [1.807, 2.05) is 0 Å². The zero-order valence-electron chi connectivity index (χ0n) is 14.9. The summed E-state index contributed by atoms with van der Waals surface area (Å²) >= 11 is 0. The minimum Gasteiger partial charge on any atom is -0.497 e. The molecule has 0 bridgehead atoms. The van der Waals surface area contributed by atoms with Crippen LogP contribution in [0.25, 0.3) is 0 Å². The van der Waals surface area contributed by atoms with Crippen LogP contribution >= 0.6 is 12.4 Å². The van der Waals surface area contributed by atoms with Crippen molar-refractivity contribution in [2.75, 3.05) is 19.0 Å². The van der Waals surface area contributed by atoms with Crippen molar-refractivity contribution in [1.82, 2.24) is 20.8 Å². The summed E-state index contributed by atoms with van der Waals surface area (Å²) in [5.41, 5.74) is 3.04. The van der Waals surface area contributed by atoms with Crippen LogP contribution in [-0.4, -0.2) is 41.7 Å². The number of nitrogens with one attached hydrogen (secondary N) is 4. The second kappa shape index (κ2) is 7.98. The van der Waals surface area contributed by atoms with E-state index in [9.17, 15) is 9.59 Å². The van der Waals surface area contributed by atoms with Gasteiger partial charge in [-0.15, -0.1) is 12.4 Å². The average molecular weight is 392 g/mol. The second-order valence-corrected chi connectivity index (χ2v) is 6.57. The number of aromatic nitrogens is 2. The molecule has 2 heterocycles. The quantitative estimate of drug-likeness (QED) is 0.619. The van der Waals surface area contributed by atoms with Gasteiger partial charge in [-0.05, 0) is 31.0 Å². The maximum Gasteiger partial charge on any atom is 0.276 e. The first-order valence-electron chi connectivity index (χ1n) is 8.73. The van der Waals surface area contributed by atoms with E-state index in [1.54, 1.807) is 25.3 Å². The first-order valence-corrected chi connectivity index (χ1v) is 8.73. The van der Waals surface area contributed by atoms with E-state index in [2.05, 4.69) is 26.1 Å². The third-order valence-corrected chi connectivity index (χ3v) is 4.65. The lowest BCUT2D eigenvalue weighted by Gasteiger charge is -2.14. The molecule has 8 nitrogen and oxygen atoms in total. The largest absolute Gasteiger partial charge is 0.497 e. The number of carbonyl (C=O) groups is 2. The minimum absolute atomic E-state index is 0. The number of benzene rings is 1. The molecule has 0 spiro atoms. The van der Waals surface area contributed by atoms with Crippen molar-refractivity contribution in [3.63, 3.8) is 0 Å². The molecular weight excluding hydrogens is 370 g/mol. The SMILES string of the molecule is COc1ccc(NC(=O)c2n[nH]c3c2CNCC3)c(C(=O)NC2CC2)c1.Cl. The standard InChI is InChI=1S/C18H21N5O3.ClH/c1-26-11-4-5-14(12(8-11)17(24)20-10-2-3-10)21-18(25)16-13-9-19-7-6-15(13)22-23-16;/h4-5,8,10,19H,2-3,6-7,9H2,1H3,(H,20,24)(H,21,25)(H,22,23);1H. The Kier molecular flexibility index (Phi) is 5.67. The fourth-order valence-corrected chi connectivity index (χ4v) is 3.03. The Bertz CT molecular complexity index is 863. The van der Waals surface area contributed by atoms with Gasteiger partial charge in [-0.2, -0.15) is 5.10 Å². The van der Waals surface area contributed by atoms with Crippen molar-refractivity contribution in [1.29, 1.82) is 0 Å². The lowest BCUT2D eigenvalue weighted by molar-refractivity contribution is 0.0951. The van der Waals surface area contributed by atoms with Crippen LogP contribution in [0, 0.1) is 0 Å². The lowest BCUT2D eigenvalue weighted by atomic mass is 10.1. The summed E-state index contributed by atoms with van der Waals surface area (Å²) in [5, 5.41) is 16.1. The van der Waals surface area contributed by atoms with Crippen molar-refractivity contribution >= 4 is 29.9 Å². The van der Waals surface area contributed by atoms with Gasteiger partial charge in [0.2, 0.25) is 0 Å². The van der Waals surface area contributed by atoms with Gasteiger partial charge in [-0.1, -0.05) is 0 Å². The minimum atomic E-state index is -0.336. The molecule has 1 aliphatic heterocycles. The van der Waals surface area contributed by atoms with Crippen LogP contribution in [-0.2, 0) is 13.0 Å². The molecule has 4 N–H and O–H groups in total. The predicted molar refractivity (Wildman–Crippen MR) is 103 cm³/mol. The maximum atomic E-state index is 12.7. The molecule has 2 amide bonds. The Morgan fingerprint density at radius 1 is 1.26 bits per heavy atom. The maximum absolute atomic E-state index is 12.7. The van der Waals surface area contributed by atoms with Gasteiger partial charge in [-0.25, -0.2) is 0 Å². The summed E-state index contributed by atoms with van der Waals surface area (Å²) in [6.07, 6.45) is 2.79. The molecule has 0 atom stereocenters. The highest BCUT2D eigenvalue weighted by Crippen LogP contribution is 2.26. The molecule has 2 aromatic rings.